The number of halogens is 6. The maximum atomic E-state index is 15.6. The van der Waals surface area contributed by atoms with E-state index in [1.807, 2.05) is 0 Å². The summed E-state index contributed by atoms with van der Waals surface area (Å²) in [6, 6.07) is 6.42. The van der Waals surface area contributed by atoms with E-state index in [1.165, 1.54) is 0 Å². The first-order chi connectivity index (χ1) is 16.6. The Kier molecular flexibility index (Phi) is 6.43. The fraction of sp³-hybridized carbons (Fsp3) is 0.182. The molecule has 7 nitrogen and oxygen atoms in total. The number of aliphatic hydroxyl groups is 1. The molecule has 2 aromatic heterocycles. The summed E-state index contributed by atoms with van der Waals surface area (Å²) < 4.78 is 91.1. The number of ether oxygens (including phenoxy) is 1. The van der Waals surface area contributed by atoms with Crippen molar-refractivity contribution in [3.05, 3.63) is 101 Å². The molecule has 1 atom stereocenters. The average Bonchev–Trinajstić information content (AvgIpc) is 3.30. The highest BCUT2D eigenvalue weighted by atomic mass is 19.3. The monoisotopic (exact) mass is 495 g/mol. The molecule has 1 N–H and O–H groups in total. The van der Waals surface area contributed by atoms with Crippen LogP contribution in [0.1, 0.15) is 16.8 Å². The average molecular weight is 495 g/mol. The second kappa shape index (κ2) is 9.33. The summed E-state index contributed by atoms with van der Waals surface area (Å²) in [5.41, 5.74) is -5.05. The Morgan fingerprint density at radius 3 is 2.26 bits per heavy atom. The van der Waals surface area contributed by atoms with Gasteiger partial charge >= 0.3 is 5.92 Å². The molecule has 13 heteroatoms. The van der Waals surface area contributed by atoms with E-state index >= 15 is 8.78 Å². The lowest BCUT2D eigenvalue weighted by Gasteiger charge is -2.35. The molecular formula is C22H15F6N5O2. The third kappa shape index (κ3) is 4.94. The quantitative estimate of drug-likeness (QED) is 0.374. The molecule has 0 saturated carbocycles. The molecule has 2 aromatic carbocycles. The van der Waals surface area contributed by atoms with Crippen molar-refractivity contribution in [1.29, 1.82) is 0 Å². The third-order valence-electron chi connectivity index (χ3n) is 5.04. The number of rotatable bonds is 8. The summed E-state index contributed by atoms with van der Waals surface area (Å²) in [6.07, 6.45) is 1.82. The first-order valence-electron chi connectivity index (χ1n) is 9.89. The van der Waals surface area contributed by atoms with Crippen molar-refractivity contribution in [2.45, 2.75) is 24.7 Å². The van der Waals surface area contributed by atoms with Gasteiger partial charge in [-0.25, -0.2) is 17.6 Å². The van der Waals surface area contributed by atoms with Crippen LogP contribution in [-0.4, -0.2) is 30.3 Å². The predicted molar refractivity (Wildman–Crippen MR) is 107 cm³/mol. The minimum atomic E-state index is -4.25. The summed E-state index contributed by atoms with van der Waals surface area (Å²) in [5.74, 6) is -8.35. The molecule has 0 aliphatic heterocycles. The van der Waals surface area contributed by atoms with Gasteiger partial charge in [0.2, 0.25) is 0 Å². The molecule has 0 spiro atoms. The van der Waals surface area contributed by atoms with Crippen LogP contribution in [0.5, 0.6) is 5.75 Å². The smallest absolute Gasteiger partial charge is 0.323 e. The standard InChI is InChI=1S/C22H15F6N5O2/c23-14-1-3-18(19(26)8-14)21(34,11-33-31-12-30-32-33)22(27,28)20-4-2-17(9-29-20)35-10-13-5-15(24)7-16(25)6-13/h1-9,12,34H,10-11H2. The Morgan fingerprint density at radius 2 is 1.66 bits per heavy atom. The van der Waals surface area contributed by atoms with Crippen molar-refractivity contribution < 1.29 is 36.2 Å². The molecule has 0 aliphatic carbocycles. The second-order valence-electron chi connectivity index (χ2n) is 7.47. The molecule has 182 valence electrons. The Labute approximate surface area is 193 Å². The first kappa shape index (κ1) is 24.1. The zero-order valence-corrected chi connectivity index (χ0v) is 17.5. The van der Waals surface area contributed by atoms with Gasteiger partial charge in [0.15, 0.2) is 11.9 Å². The van der Waals surface area contributed by atoms with Crippen molar-refractivity contribution in [3.63, 3.8) is 0 Å². The first-order valence-corrected chi connectivity index (χ1v) is 9.89. The summed E-state index contributed by atoms with van der Waals surface area (Å²) in [6.45, 7) is -1.33. The lowest BCUT2D eigenvalue weighted by molar-refractivity contribution is -0.209. The summed E-state index contributed by atoms with van der Waals surface area (Å²) in [5, 5.41) is 21.5. The highest BCUT2D eigenvalue weighted by molar-refractivity contribution is 5.32. The van der Waals surface area contributed by atoms with Gasteiger partial charge < -0.3 is 9.84 Å². The lowest BCUT2D eigenvalue weighted by atomic mass is 9.84. The van der Waals surface area contributed by atoms with Crippen LogP contribution in [0.25, 0.3) is 0 Å². The molecule has 2 heterocycles. The number of tetrazole rings is 1. The van der Waals surface area contributed by atoms with Gasteiger partial charge in [-0.15, -0.1) is 10.2 Å². The molecule has 4 rings (SSSR count). The summed E-state index contributed by atoms with van der Waals surface area (Å²) >= 11 is 0. The number of nitrogens with zero attached hydrogens (tertiary/aromatic N) is 5. The molecule has 0 aliphatic rings. The van der Waals surface area contributed by atoms with Crippen molar-refractivity contribution in [1.82, 2.24) is 25.2 Å². The normalized spacial score (nSPS) is 13.5. The zero-order chi connectivity index (χ0) is 25.2. The molecule has 0 fully saturated rings. The van der Waals surface area contributed by atoms with Crippen LogP contribution in [0.3, 0.4) is 0 Å². The fourth-order valence-electron chi connectivity index (χ4n) is 3.37. The number of benzene rings is 2. The van der Waals surface area contributed by atoms with Gasteiger partial charge in [0.25, 0.3) is 0 Å². The van der Waals surface area contributed by atoms with E-state index in [9.17, 15) is 22.7 Å². The molecule has 4 aromatic rings. The van der Waals surface area contributed by atoms with Crippen molar-refractivity contribution >= 4 is 0 Å². The number of aromatic nitrogens is 5. The van der Waals surface area contributed by atoms with Crippen LogP contribution in [-0.2, 0) is 24.7 Å². The van der Waals surface area contributed by atoms with Crippen LogP contribution in [0.2, 0.25) is 0 Å². The number of alkyl halides is 2. The maximum absolute atomic E-state index is 15.6. The SMILES string of the molecule is OC(Cn1ncnn1)(c1ccc(F)cc1F)C(F)(F)c1ccc(OCc2cc(F)cc(F)c2)cn1. The van der Waals surface area contributed by atoms with E-state index in [2.05, 4.69) is 20.4 Å². The Morgan fingerprint density at radius 1 is 0.914 bits per heavy atom. The van der Waals surface area contributed by atoms with Crippen LogP contribution >= 0.6 is 0 Å². The van der Waals surface area contributed by atoms with Gasteiger partial charge in [-0.3, -0.25) is 4.98 Å². The summed E-state index contributed by atoms with van der Waals surface area (Å²) in [4.78, 5) is 4.24. The minimum absolute atomic E-state index is 0.0244. The Bertz CT molecular complexity index is 1300. The van der Waals surface area contributed by atoms with E-state index in [4.69, 9.17) is 4.74 Å². The van der Waals surface area contributed by atoms with E-state index in [0.717, 1.165) is 36.8 Å². The molecule has 0 bridgehead atoms. The minimum Gasteiger partial charge on any atom is -0.487 e. The van der Waals surface area contributed by atoms with Gasteiger partial charge in [0, 0.05) is 17.7 Å². The van der Waals surface area contributed by atoms with Crippen molar-refractivity contribution in [2.75, 3.05) is 0 Å². The Hall–Kier alpha value is -4.00. The highest BCUT2D eigenvalue weighted by Crippen LogP contribution is 2.46. The van der Waals surface area contributed by atoms with Crippen molar-refractivity contribution in [2.24, 2.45) is 0 Å². The maximum Gasteiger partial charge on any atom is 0.323 e. The summed E-state index contributed by atoms with van der Waals surface area (Å²) in [7, 11) is 0. The van der Waals surface area contributed by atoms with Gasteiger partial charge in [-0.05, 0) is 47.2 Å². The van der Waals surface area contributed by atoms with E-state index < -0.39 is 52.6 Å². The largest absolute Gasteiger partial charge is 0.487 e. The molecule has 0 radical (unpaired) electrons. The number of hydrogen-bond acceptors (Lipinski definition) is 6. The zero-order valence-electron chi connectivity index (χ0n) is 17.5. The van der Waals surface area contributed by atoms with Crippen LogP contribution in [0, 0.1) is 23.3 Å². The fourth-order valence-corrected chi connectivity index (χ4v) is 3.37. The van der Waals surface area contributed by atoms with Crippen molar-refractivity contribution in [3.8, 4) is 5.75 Å². The van der Waals surface area contributed by atoms with Gasteiger partial charge in [0.05, 0.1) is 6.20 Å². The molecule has 35 heavy (non-hydrogen) atoms. The topological polar surface area (TPSA) is 86.0 Å². The van der Waals surface area contributed by atoms with E-state index in [0.29, 0.717) is 29.1 Å². The van der Waals surface area contributed by atoms with E-state index in [-0.39, 0.29) is 17.9 Å². The molecule has 0 amide bonds. The number of pyridine rings is 1. The highest BCUT2D eigenvalue weighted by Gasteiger charge is 2.58. The molecular weight excluding hydrogens is 480 g/mol. The predicted octanol–water partition coefficient (Wildman–Crippen LogP) is 3.88. The van der Waals surface area contributed by atoms with Crippen LogP contribution < -0.4 is 4.74 Å². The van der Waals surface area contributed by atoms with E-state index in [1.54, 1.807) is 0 Å². The second-order valence-corrected chi connectivity index (χ2v) is 7.47. The van der Waals surface area contributed by atoms with Crippen LogP contribution in [0.4, 0.5) is 26.3 Å². The van der Waals surface area contributed by atoms with Crippen LogP contribution in [0.15, 0.2) is 61.1 Å². The third-order valence-corrected chi connectivity index (χ3v) is 5.04. The molecule has 0 saturated heterocycles. The van der Waals surface area contributed by atoms with Gasteiger partial charge in [-0.2, -0.15) is 13.6 Å². The van der Waals surface area contributed by atoms with Gasteiger partial charge in [-0.1, -0.05) is 0 Å². The Balaban J connectivity index is 1.63. The van der Waals surface area contributed by atoms with Gasteiger partial charge in [0.1, 0.15) is 47.9 Å². The lowest BCUT2D eigenvalue weighted by Crippen LogP contribution is -2.48. The number of hydrogen-bond donors (Lipinski definition) is 1. The molecule has 1 unspecified atom stereocenters.